The molecule has 0 aliphatic heterocycles. The van der Waals surface area contributed by atoms with E-state index in [2.05, 4.69) is 146 Å². The monoisotopic (exact) mass is 575 g/mol. The van der Waals surface area contributed by atoms with Crippen molar-refractivity contribution in [3.8, 4) is 39.5 Å². The third kappa shape index (κ3) is 3.20. The lowest BCUT2D eigenvalue weighted by Gasteiger charge is -2.24. The predicted molar refractivity (Wildman–Crippen MR) is 185 cm³/mol. The van der Waals surface area contributed by atoms with Crippen molar-refractivity contribution in [1.82, 2.24) is 14.5 Å². The Hall–Kier alpha value is -5.54. The third-order valence-electron chi connectivity index (χ3n) is 10.2. The van der Waals surface area contributed by atoms with Gasteiger partial charge in [0.2, 0.25) is 5.95 Å². The molecule has 0 fully saturated rings. The molecule has 0 saturated carbocycles. The van der Waals surface area contributed by atoms with Gasteiger partial charge in [-0.3, -0.25) is 4.57 Å². The second-order valence-corrected chi connectivity index (χ2v) is 12.9. The van der Waals surface area contributed by atoms with Crippen LogP contribution in [-0.2, 0) is 11.8 Å². The van der Waals surface area contributed by atoms with E-state index in [1.807, 2.05) is 0 Å². The summed E-state index contributed by atoms with van der Waals surface area (Å²) in [6.45, 7) is 4.80. The maximum absolute atomic E-state index is 5.41. The highest BCUT2D eigenvalue weighted by molar-refractivity contribution is 6.19. The fourth-order valence-corrected chi connectivity index (χ4v) is 8.34. The van der Waals surface area contributed by atoms with E-state index in [1.54, 1.807) is 0 Å². The Morgan fingerprint density at radius 1 is 0.622 bits per heavy atom. The molecule has 2 aliphatic rings. The number of hydrogen-bond donors (Lipinski definition) is 0. The summed E-state index contributed by atoms with van der Waals surface area (Å²) in [6.07, 6.45) is 0.882. The number of nitrogens with zero attached hydrogens (tertiary/aromatic N) is 3. The molecule has 3 heteroatoms. The molecule has 0 bridgehead atoms. The van der Waals surface area contributed by atoms with E-state index < -0.39 is 0 Å². The SMILES string of the molecule is CC1(C)c2ccccc2-c2c3c(c4c(c21)c1ccccc1n4-c1nc(-c2ccccc2)c2ccccc2n1)Cc1ccccc1-3. The second-order valence-electron chi connectivity index (χ2n) is 12.9. The van der Waals surface area contributed by atoms with E-state index in [0.29, 0.717) is 5.95 Å². The van der Waals surface area contributed by atoms with E-state index in [1.165, 1.54) is 60.8 Å². The Morgan fingerprint density at radius 2 is 1.31 bits per heavy atom. The molecule has 212 valence electrons. The largest absolute Gasteiger partial charge is 0.278 e. The van der Waals surface area contributed by atoms with Crippen LogP contribution in [0.25, 0.3) is 72.2 Å². The number of hydrogen-bond acceptors (Lipinski definition) is 2. The molecule has 3 nitrogen and oxygen atoms in total. The molecule has 0 N–H and O–H groups in total. The Bertz CT molecular complexity index is 2540. The van der Waals surface area contributed by atoms with Gasteiger partial charge in [0.15, 0.2) is 0 Å². The first-order valence-electron chi connectivity index (χ1n) is 15.7. The minimum absolute atomic E-state index is 0.175. The zero-order chi connectivity index (χ0) is 29.9. The highest BCUT2D eigenvalue weighted by atomic mass is 15.2. The van der Waals surface area contributed by atoms with E-state index in [0.717, 1.165) is 34.1 Å². The maximum atomic E-state index is 5.41. The molecule has 2 heterocycles. The molecule has 45 heavy (non-hydrogen) atoms. The quantitative estimate of drug-likeness (QED) is 0.205. The molecule has 0 spiro atoms. The van der Waals surface area contributed by atoms with Crippen LogP contribution in [0.5, 0.6) is 0 Å². The molecule has 2 aliphatic carbocycles. The van der Waals surface area contributed by atoms with Crippen molar-refractivity contribution in [3.05, 3.63) is 150 Å². The lowest BCUT2D eigenvalue weighted by molar-refractivity contribution is 0.666. The molecule has 0 atom stereocenters. The van der Waals surface area contributed by atoms with Crippen LogP contribution < -0.4 is 0 Å². The van der Waals surface area contributed by atoms with Crippen molar-refractivity contribution < 1.29 is 0 Å². The molecule has 6 aromatic carbocycles. The van der Waals surface area contributed by atoms with Gasteiger partial charge in [-0.25, -0.2) is 9.97 Å². The summed E-state index contributed by atoms with van der Waals surface area (Å²) in [5, 5.41) is 3.64. The van der Waals surface area contributed by atoms with Crippen LogP contribution in [0.15, 0.2) is 127 Å². The number of benzene rings is 6. The Morgan fingerprint density at radius 3 is 2.18 bits per heavy atom. The average Bonchev–Trinajstić information content (AvgIpc) is 3.71. The van der Waals surface area contributed by atoms with E-state index in [-0.39, 0.29) is 5.41 Å². The zero-order valence-corrected chi connectivity index (χ0v) is 25.2. The Labute approximate surface area is 261 Å². The lowest BCUT2D eigenvalue weighted by atomic mass is 9.79. The van der Waals surface area contributed by atoms with Gasteiger partial charge >= 0.3 is 0 Å². The number of aromatic nitrogens is 3. The molecule has 0 radical (unpaired) electrons. The van der Waals surface area contributed by atoms with Crippen LogP contribution in [-0.4, -0.2) is 14.5 Å². The predicted octanol–water partition coefficient (Wildman–Crippen LogP) is 10.3. The highest BCUT2D eigenvalue weighted by Gasteiger charge is 2.43. The zero-order valence-electron chi connectivity index (χ0n) is 25.2. The lowest BCUT2D eigenvalue weighted by Crippen LogP contribution is -2.16. The van der Waals surface area contributed by atoms with Crippen LogP contribution in [0.3, 0.4) is 0 Å². The van der Waals surface area contributed by atoms with Crippen LogP contribution in [0, 0.1) is 0 Å². The first kappa shape index (κ1) is 24.9. The fourth-order valence-electron chi connectivity index (χ4n) is 8.34. The fraction of sp³-hybridized carbons (Fsp3) is 0.0952. The van der Waals surface area contributed by atoms with Crippen LogP contribution in [0.4, 0.5) is 0 Å². The normalized spacial score (nSPS) is 14.1. The molecule has 8 aromatic rings. The van der Waals surface area contributed by atoms with Crippen LogP contribution in [0.2, 0.25) is 0 Å². The topological polar surface area (TPSA) is 30.7 Å². The van der Waals surface area contributed by atoms with E-state index in [9.17, 15) is 0 Å². The number of rotatable bonds is 2. The second kappa shape index (κ2) is 8.77. The van der Waals surface area contributed by atoms with Gasteiger partial charge in [0.25, 0.3) is 0 Å². The van der Waals surface area contributed by atoms with Gasteiger partial charge < -0.3 is 0 Å². The van der Waals surface area contributed by atoms with Crippen molar-refractivity contribution in [2.24, 2.45) is 0 Å². The van der Waals surface area contributed by atoms with Crippen LogP contribution >= 0.6 is 0 Å². The van der Waals surface area contributed by atoms with Crippen molar-refractivity contribution in [2.45, 2.75) is 25.7 Å². The minimum atomic E-state index is -0.175. The average molecular weight is 576 g/mol. The molecule has 10 rings (SSSR count). The van der Waals surface area contributed by atoms with Crippen LogP contribution in [0.1, 0.15) is 36.1 Å². The van der Waals surface area contributed by atoms with Crippen molar-refractivity contribution in [2.75, 3.05) is 0 Å². The standard InChI is InChI=1S/C42H29N3/c1-42(2)32-21-11-8-18-28(32)36-35-27-17-7-6-16-26(27)24-31(35)40-37(38(36)42)30-20-10-13-23-34(30)45(40)41-43-33-22-12-9-19-29(33)39(44-41)25-14-4-3-5-15-25/h3-23H,24H2,1-2H3. The van der Waals surface area contributed by atoms with Crippen molar-refractivity contribution >= 4 is 32.7 Å². The Kier molecular flexibility index (Phi) is 4.84. The summed E-state index contributed by atoms with van der Waals surface area (Å²) in [5.74, 6) is 0.713. The first-order chi connectivity index (χ1) is 22.1. The molecule has 0 amide bonds. The Balaban J connectivity index is 1.42. The summed E-state index contributed by atoms with van der Waals surface area (Å²) in [6, 6.07) is 45.8. The van der Waals surface area contributed by atoms with Gasteiger partial charge in [-0.15, -0.1) is 0 Å². The summed E-state index contributed by atoms with van der Waals surface area (Å²) in [7, 11) is 0. The number of fused-ring (bicyclic) bond motifs is 13. The number of para-hydroxylation sites is 2. The summed E-state index contributed by atoms with van der Waals surface area (Å²) >= 11 is 0. The molecular weight excluding hydrogens is 546 g/mol. The summed E-state index contributed by atoms with van der Waals surface area (Å²) in [5.41, 5.74) is 16.2. The molecular formula is C42H29N3. The van der Waals surface area contributed by atoms with E-state index in [4.69, 9.17) is 9.97 Å². The molecule has 0 saturated heterocycles. The van der Waals surface area contributed by atoms with Gasteiger partial charge in [0, 0.05) is 33.6 Å². The third-order valence-corrected chi connectivity index (χ3v) is 10.2. The van der Waals surface area contributed by atoms with Crippen molar-refractivity contribution in [1.29, 1.82) is 0 Å². The van der Waals surface area contributed by atoms with Gasteiger partial charge in [-0.2, -0.15) is 0 Å². The smallest absolute Gasteiger partial charge is 0.235 e. The maximum Gasteiger partial charge on any atom is 0.235 e. The molecule has 2 aromatic heterocycles. The van der Waals surface area contributed by atoms with E-state index >= 15 is 0 Å². The summed E-state index contributed by atoms with van der Waals surface area (Å²) < 4.78 is 2.37. The highest BCUT2D eigenvalue weighted by Crippen LogP contribution is 2.59. The first-order valence-corrected chi connectivity index (χ1v) is 15.7. The van der Waals surface area contributed by atoms with Gasteiger partial charge in [-0.1, -0.05) is 129 Å². The minimum Gasteiger partial charge on any atom is -0.278 e. The molecule has 0 unspecified atom stereocenters. The van der Waals surface area contributed by atoms with Gasteiger partial charge in [0.1, 0.15) is 0 Å². The van der Waals surface area contributed by atoms with Gasteiger partial charge in [-0.05, 0) is 56.6 Å². The summed E-state index contributed by atoms with van der Waals surface area (Å²) in [4.78, 5) is 10.7. The van der Waals surface area contributed by atoms with Crippen molar-refractivity contribution in [3.63, 3.8) is 0 Å². The van der Waals surface area contributed by atoms with Gasteiger partial charge in [0.05, 0.1) is 22.2 Å².